The highest BCUT2D eigenvalue weighted by Crippen LogP contribution is 2.31. The van der Waals surface area contributed by atoms with Gasteiger partial charge < -0.3 is 5.32 Å². The van der Waals surface area contributed by atoms with E-state index in [1.54, 1.807) is 12.1 Å². The number of rotatable bonds is 6. The van der Waals surface area contributed by atoms with Crippen LogP contribution in [0.2, 0.25) is 0 Å². The molecule has 2 aliphatic rings. The molecule has 1 amide bonds. The summed E-state index contributed by atoms with van der Waals surface area (Å²) in [5.41, 5.74) is 1.35. The van der Waals surface area contributed by atoms with Crippen molar-refractivity contribution in [2.75, 3.05) is 31.5 Å². The second-order valence-corrected chi connectivity index (χ2v) is 11.4. The Labute approximate surface area is 203 Å². The van der Waals surface area contributed by atoms with Crippen LogP contribution < -0.4 is 5.32 Å². The summed E-state index contributed by atoms with van der Waals surface area (Å²) in [5.74, 6) is -0.170. The fourth-order valence-electron chi connectivity index (χ4n) is 4.20. The summed E-state index contributed by atoms with van der Waals surface area (Å²) in [7, 11) is -3.72. The summed E-state index contributed by atoms with van der Waals surface area (Å²) in [6, 6.07) is 4.56. The van der Waals surface area contributed by atoms with Crippen LogP contribution in [0, 0.1) is 5.92 Å². The number of sulfonamides is 1. The van der Waals surface area contributed by atoms with Crippen molar-refractivity contribution in [3.05, 3.63) is 34.1 Å². The van der Waals surface area contributed by atoms with Gasteiger partial charge in [-0.25, -0.2) is 13.1 Å². The number of benzene rings is 1. The van der Waals surface area contributed by atoms with Gasteiger partial charge in [0.05, 0.1) is 22.8 Å². The van der Waals surface area contributed by atoms with Gasteiger partial charge in [-0.1, -0.05) is 12.1 Å². The number of fused-ring (bicyclic) bond motifs is 1. The lowest BCUT2D eigenvalue weighted by Gasteiger charge is -2.26. The zero-order valence-corrected chi connectivity index (χ0v) is 20.7. The number of amides is 1. The van der Waals surface area contributed by atoms with Crippen molar-refractivity contribution in [2.24, 2.45) is 5.92 Å². The minimum atomic E-state index is -4.29. The Kier molecular flexibility index (Phi) is 7.04. The van der Waals surface area contributed by atoms with E-state index in [9.17, 15) is 26.4 Å². The molecule has 0 bridgehead atoms. The van der Waals surface area contributed by atoms with E-state index in [4.69, 9.17) is 0 Å². The minimum Gasteiger partial charge on any atom is -0.324 e. The molecular formula is C20H24BrF3N6O3S. The molecule has 4 rings (SSSR count). The quantitative estimate of drug-likeness (QED) is 0.579. The Morgan fingerprint density at radius 1 is 1.29 bits per heavy atom. The molecule has 1 atom stereocenters. The van der Waals surface area contributed by atoms with Gasteiger partial charge in [0.1, 0.15) is 6.54 Å². The summed E-state index contributed by atoms with van der Waals surface area (Å²) >= 11 is 3.29. The second kappa shape index (κ2) is 9.55. The molecule has 2 aliphatic heterocycles. The number of hydrogen-bond acceptors (Lipinski definition) is 6. The fourth-order valence-corrected chi connectivity index (χ4v) is 6.73. The van der Waals surface area contributed by atoms with Crippen molar-refractivity contribution in [1.82, 2.24) is 24.2 Å². The van der Waals surface area contributed by atoms with E-state index in [2.05, 4.69) is 31.6 Å². The highest BCUT2D eigenvalue weighted by molar-refractivity contribution is 9.10. The summed E-state index contributed by atoms with van der Waals surface area (Å²) in [5, 5.41) is 10.5. The van der Waals surface area contributed by atoms with Gasteiger partial charge in [-0.05, 0) is 46.5 Å². The minimum absolute atomic E-state index is 0.0134. The molecule has 1 aromatic heterocycles. The Balaban J connectivity index is 1.43. The molecule has 3 heterocycles. The maximum Gasteiger partial charge on any atom is 0.401 e. The first-order chi connectivity index (χ1) is 15.9. The number of nitrogens with zero attached hydrogens (tertiary/aromatic N) is 5. The number of anilines is 1. The Hall–Kier alpha value is -2.03. The number of aromatic nitrogens is 3. The monoisotopic (exact) mass is 564 g/mol. The van der Waals surface area contributed by atoms with Crippen LogP contribution in [0.3, 0.4) is 0 Å². The van der Waals surface area contributed by atoms with Crippen molar-refractivity contribution >= 4 is 37.5 Å². The zero-order valence-electron chi connectivity index (χ0n) is 18.3. The first kappa shape index (κ1) is 25.1. The van der Waals surface area contributed by atoms with Gasteiger partial charge in [0, 0.05) is 42.8 Å². The average molecular weight is 565 g/mol. The van der Waals surface area contributed by atoms with E-state index in [1.807, 2.05) is 6.92 Å². The van der Waals surface area contributed by atoms with E-state index in [0.717, 1.165) is 6.42 Å². The van der Waals surface area contributed by atoms with Crippen molar-refractivity contribution in [3.8, 4) is 0 Å². The normalized spacial score (nSPS) is 19.9. The molecule has 1 aromatic carbocycles. The molecule has 186 valence electrons. The van der Waals surface area contributed by atoms with Crippen LogP contribution in [-0.4, -0.2) is 70.9 Å². The number of halogens is 4. The van der Waals surface area contributed by atoms with Gasteiger partial charge >= 0.3 is 6.18 Å². The summed E-state index contributed by atoms with van der Waals surface area (Å²) < 4.78 is 67.3. The molecule has 34 heavy (non-hydrogen) atoms. The maximum absolute atomic E-state index is 13.1. The van der Waals surface area contributed by atoms with Crippen LogP contribution in [-0.2, 0) is 34.3 Å². The van der Waals surface area contributed by atoms with Crippen molar-refractivity contribution in [2.45, 2.75) is 43.9 Å². The molecular weight excluding hydrogens is 541 g/mol. The van der Waals surface area contributed by atoms with E-state index in [-0.39, 0.29) is 30.4 Å². The van der Waals surface area contributed by atoms with Gasteiger partial charge in [0.15, 0.2) is 0 Å². The molecule has 0 spiro atoms. The predicted molar refractivity (Wildman–Crippen MR) is 120 cm³/mol. The van der Waals surface area contributed by atoms with Crippen LogP contribution in [0.1, 0.15) is 24.7 Å². The SMILES string of the molecule is C[C@H]1CCN(S(=O)(=O)c2cc(NC(=O)Cn3nnc4c3CCN(CC(F)(F)F)C4)ccc2Br)C1. The molecule has 1 saturated heterocycles. The lowest BCUT2D eigenvalue weighted by Crippen LogP contribution is -2.38. The number of carbonyl (C=O) groups excluding carboxylic acids is 1. The van der Waals surface area contributed by atoms with Crippen LogP contribution >= 0.6 is 15.9 Å². The molecule has 9 nitrogen and oxygen atoms in total. The molecule has 14 heteroatoms. The number of nitrogens with one attached hydrogen (secondary N) is 1. The standard InChI is InChI=1S/C20H24BrF3N6O3S/c1-13-4-7-29(9-13)34(32,33)18-8-14(2-3-15(18)21)25-19(31)11-30-17-5-6-28(12-20(22,23)24)10-16(17)26-27-30/h2-3,8,13H,4-7,9-12H2,1H3,(H,25,31)/t13-/m0/s1. The van der Waals surface area contributed by atoms with E-state index in [1.165, 1.54) is 20.0 Å². The molecule has 0 aliphatic carbocycles. The smallest absolute Gasteiger partial charge is 0.324 e. The lowest BCUT2D eigenvalue weighted by molar-refractivity contribution is -0.147. The summed E-state index contributed by atoms with van der Waals surface area (Å²) in [6.45, 7) is 1.88. The van der Waals surface area contributed by atoms with Gasteiger partial charge in [0.2, 0.25) is 15.9 Å². The number of carbonyl (C=O) groups is 1. The van der Waals surface area contributed by atoms with Crippen molar-refractivity contribution in [1.29, 1.82) is 0 Å². The highest BCUT2D eigenvalue weighted by atomic mass is 79.9. The van der Waals surface area contributed by atoms with Gasteiger partial charge in [-0.15, -0.1) is 5.10 Å². The van der Waals surface area contributed by atoms with E-state index >= 15 is 0 Å². The molecule has 0 saturated carbocycles. The van der Waals surface area contributed by atoms with Crippen LogP contribution in [0.4, 0.5) is 18.9 Å². The fraction of sp³-hybridized carbons (Fsp3) is 0.550. The third kappa shape index (κ3) is 5.61. The van der Waals surface area contributed by atoms with Crippen molar-refractivity contribution in [3.63, 3.8) is 0 Å². The van der Waals surface area contributed by atoms with E-state index in [0.29, 0.717) is 41.1 Å². The predicted octanol–water partition coefficient (Wildman–Crippen LogP) is 2.63. The molecule has 0 radical (unpaired) electrons. The first-order valence-electron chi connectivity index (χ1n) is 10.7. The van der Waals surface area contributed by atoms with Gasteiger partial charge in [-0.3, -0.25) is 9.69 Å². The second-order valence-electron chi connectivity index (χ2n) is 8.67. The Bertz CT molecular complexity index is 1190. The summed E-state index contributed by atoms with van der Waals surface area (Å²) in [4.78, 5) is 13.9. The largest absolute Gasteiger partial charge is 0.401 e. The topological polar surface area (TPSA) is 100 Å². The molecule has 2 aromatic rings. The first-order valence-corrected chi connectivity index (χ1v) is 13.0. The van der Waals surface area contributed by atoms with Crippen molar-refractivity contribution < 1.29 is 26.4 Å². The van der Waals surface area contributed by atoms with Crippen LogP contribution in [0.25, 0.3) is 0 Å². The number of hydrogen-bond donors (Lipinski definition) is 1. The van der Waals surface area contributed by atoms with Crippen LogP contribution in [0.15, 0.2) is 27.6 Å². The third-order valence-corrected chi connectivity index (χ3v) is 8.73. The molecule has 1 N–H and O–H groups in total. The van der Waals surface area contributed by atoms with Gasteiger partial charge in [-0.2, -0.15) is 17.5 Å². The van der Waals surface area contributed by atoms with Crippen LogP contribution in [0.5, 0.6) is 0 Å². The third-order valence-electron chi connectivity index (χ3n) is 5.87. The highest BCUT2D eigenvalue weighted by Gasteiger charge is 2.34. The average Bonchev–Trinajstić information content (AvgIpc) is 3.34. The number of alkyl halides is 3. The molecule has 1 fully saturated rings. The summed E-state index contributed by atoms with van der Waals surface area (Å²) in [6.07, 6.45) is -3.21. The maximum atomic E-state index is 13.1. The zero-order chi connectivity index (χ0) is 24.7. The lowest BCUT2D eigenvalue weighted by atomic mass is 10.1. The molecule has 0 unspecified atom stereocenters. The van der Waals surface area contributed by atoms with E-state index < -0.39 is 28.7 Å². The Morgan fingerprint density at radius 2 is 2.06 bits per heavy atom. The Morgan fingerprint density at radius 3 is 2.74 bits per heavy atom. The van der Waals surface area contributed by atoms with Gasteiger partial charge in [0.25, 0.3) is 0 Å².